The van der Waals surface area contributed by atoms with Crippen LogP contribution in [0.25, 0.3) is 0 Å². The Kier molecular flexibility index (Phi) is 5.17. The number of hydrogen-bond acceptors (Lipinski definition) is 4. The highest BCUT2D eigenvalue weighted by atomic mass is 19.4. The van der Waals surface area contributed by atoms with Crippen molar-refractivity contribution in [2.24, 2.45) is 5.92 Å². The van der Waals surface area contributed by atoms with Crippen LogP contribution in [-0.2, 0) is 14.3 Å². The van der Waals surface area contributed by atoms with E-state index < -0.39 is 42.9 Å². The van der Waals surface area contributed by atoms with E-state index in [1.165, 1.54) is 6.92 Å². The van der Waals surface area contributed by atoms with Gasteiger partial charge in [0.2, 0.25) is 0 Å². The molecule has 0 spiro atoms. The van der Waals surface area contributed by atoms with Crippen molar-refractivity contribution in [2.45, 2.75) is 39.1 Å². The number of nitrogens with zero attached hydrogens (tertiary/aromatic N) is 1. The van der Waals surface area contributed by atoms with Crippen LogP contribution < -0.4 is 0 Å². The quantitative estimate of drug-likeness (QED) is 0.594. The van der Waals surface area contributed by atoms with E-state index in [-0.39, 0.29) is 13.2 Å². The SMILES string of the molecule is CCOC(=O)[C@@H]1CN(C(=O)OC(C)(C)C)C[C@H]1[B-](F)(F)F. The molecule has 2 atom stereocenters. The maximum atomic E-state index is 13.1. The highest BCUT2D eigenvalue weighted by Crippen LogP contribution is 2.40. The number of ether oxygens (including phenoxy) is 2. The van der Waals surface area contributed by atoms with E-state index in [4.69, 9.17) is 4.74 Å². The van der Waals surface area contributed by atoms with Crippen LogP contribution in [0, 0.1) is 5.92 Å². The summed E-state index contributed by atoms with van der Waals surface area (Å²) in [6.45, 7) is 0.228. The average molecular weight is 310 g/mol. The first-order valence-corrected chi connectivity index (χ1v) is 6.80. The second-order valence-electron chi connectivity index (χ2n) is 6.03. The molecule has 0 saturated carbocycles. The van der Waals surface area contributed by atoms with Gasteiger partial charge in [-0.05, 0) is 33.5 Å². The number of amides is 1. The molecule has 1 amide bonds. The number of carbonyl (C=O) groups is 2. The third-order valence-corrected chi connectivity index (χ3v) is 3.09. The van der Waals surface area contributed by atoms with Crippen LogP contribution >= 0.6 is 0 Å². The second kappa shape index (κ2) is 6.15. The lowest BCUT2D eigenvalue weighted by molar-refractivity contribution is -0.147. The van der Waals surface area contributed by atoms with Crippen LogP contribution in [-0.4, -0.2) is 49.2 Å². The first-order chi connectivity index (χ1) is 9.45. The molecule has 0 unspecified atom stereocenters. The summed E-state index contributed by atoms with van der Waals surface area (Å²) in [7, 11) is 0. The minimum Gasteiger partial charge on any atom is -0.466 e. The largest absolute Gasteiger partial charge is 0.484 e. The molecule has 1 rings (SSSR count). The molecule has 9 heteroatoms. The molecule has 0 aromatic carbocycles. The van der Waals surface area contributed by atoms with Crippen LogP contribution in [0.4, 0.5) is 17.7 Å². The summed E-state index contributed by atoms with van der Waals surface area (Å²) in [6.07, 6.45) is -0.848. The lowest BCUT2D eigenvalue weighted by Gasteiger charge is -2.26. The van der Waals surface area contributed by atoms with E-state index >= 15 is 0 Å². The van der Waals surface area contributed by atoms with Gasteiger partial charge >= 0.3 is 19.0 Å². The van der Waals surface area contributed by atoms with Crippen molar-refractivity contribution in [3.05, 3.63) is 0 Å². The molecule has 1 aliphatic heterocycles. The van der Waals surface area contributed by atoms with Crippen molar-refractivity contribution in [1.82, 2.24) is 4.90 Å². The van der Waals surface area contributed by atoms with Gasteiger partial charge in [0.05, 0.1) is 12.5 Å². The Balaban J connectivity index is 2.85. The zero-order chi connectivity index (χ0) is 16.4. The van der Waals surface area contributed by atoms with Gasteiger partial charge in [0.1, 0.15) is 5.60 Å². The monoisotopic (exact) mass is 310 g/mol. The van der Waals surface area contributed by atoms with E-state index in [1.54, 1.807) is 20.8 Å². The Bertz CT molecular complexity index is 408. The van der Waals surface area contributed by atoms with Crippen LogP contribution in [0.1, 0.15) is 27.7 Å². The predicted octanol–water partition coefficient (Wildman–Crippen LogP) is 2.63. The van der Waals surface area contributed by atoms with Crippen LogP contribution in [0.2, 0.25) is 5.82 Å². The Morgan fingerprint density at radius 1 is 1.24 bits per heavy atom. The normalized spacial score (nSPS) is 23.1. The fourth-order valence-corrected chi connectivity index (χ4v) is 2.19. The number of carbonyl (C=O) groups excluding carboxylic acids is 2. The highest BCUT2D eigenvalue weighted by molar-refractivity contribution is 6.60. The number of likely N-dealkylation sites (tertiary alicyclic amines) is 1. The molecule has 1 saturated heterocycles. The molecule has 5 nitrogen and oxygen atoms in total. The summed E-state index contributed by atoms with van der Waals surface area (Å²) in [5, 5.41) is 0. The van der Waals surface area contributed by atoms with E-state index in [0.29, 0.717) is 0 Å². The minimum absolute atomic E-state index is 0.000647. The van der Waals surface area contributed by atoms with Gasteiger partial charge in [-0.25, -0.2) is 4.79 Å². The van der Waals surface area contributed by atoms with Gasteiger partial charge in [0, 0.05) is 13.1 Å². The van der Waals surface area contributed by atoms with Gasteiger partial charge in [-0.1, -0.05) is 0 Å². The highest BCUT2D eigenvalue weighted by Gasteiger charge is 2.50. The first-order valence-electron chi connectivity index (χ1n) is 6.80. The third kappa shape index (κ3) is 4.82. The molecule has 1 fully saturated rings. The smallest absolute Gasteiger partial charge is 0.466 e. The maximum Gasteiger partial charge on any atom is 0.484 e. The molecule has 0 bridgehead atoms. The van der Waals surface area contributed by atoms with Gasteiger partial charge in [-0.3, -0.25) is 4.79 Å². The Morgan fingerprint density at radius 2 is 1.81 bits per heavy atom. The van der Waals surface area contributed by atoms with E-state index in [1.807, 2.05) is 0 Å². The summed E-state index contributed by atoms with van der Waals surface area (Å²) in [6, 6.07) is 0. The van der Waals surface area contributed by atoms with Crippen molar-refractivity contribution in [1.29, 1.82) is 0 Å². The van der Waals surface area contributed by atoms with E-state index in [0.717, 1.165) is 4.90 Å². The van der Waals surface area contributed by atoms with Gasteiger partial charge in [-0.15, -0.1) is 0 Å². The number of halogens is 3. The van der Waals surface area contributed by atoms with Crippen LogP contribution in [0.3, 0.4) is 0 Å². The lowest BCUT2D eigenvalue weighted by Crippen LogP contribution is -2.36. The standard InChI is InChI=1S/C12H20BF3NO4/c1-5-20-10(18)8-6-17(7-9(8)13(14,15)16)11(19)21-12(2,3)4/h8-9H,5-7H2,1-4H3/q-1/t8-,9-/m1/s1. The fourth-order valence-electron chi connectivity index (χ4n) is 2.19. The van der Waals surface area contributed by atoms with Gasteiger partial charge in [0.15, 0.2) is 0 Å². The van der Waals surface area contributed by atoms with E-state index in [2.05, 4.69) is 4.74 Å². The predicted molar refractivity (Wildman–Crippen MR) is 70.8 cm³/mol. The molecule has 122 valence electrons. The molecular weight excluding hydrogens is 290 g/mol. The average Bonchev–Trinajstić information content (AvgIpc) is 2.71. The summed E-state index contributed by atoms with van der Waals surface area (Å²) in [4.78, 5) is 24.4. The number of hydrogen-bond donors (Lipinski definition) is 0. The van der Waals surface area contributed by atoms with Crippen molar-refractivity contribution in [2.75, 3.05) is 19.7 Å². The van der Waals surface area contributed by atoms with Gasteiger partial charge in [0.25, 0.3) is 0 Å². The summed E-state index contributed by atoms with van der Waals surface area (Å²) < 4.78 is 48.9. The van der Waals surface area contributed by atoms with Crippen molar-refractivity contribution >= 4 is 19.0 Å². The number of esters is 1. The Hall–Kier alpha value is -1.41. The first kappa shape index (κ1) is 17.6. The van der Waals surface area contributed by atoms with Crippen LogP contribution in [0.5, 0.6) is 0 Å². The molecule has 0 aromatic heterocycles. The number of rotatable bonds is 3. The molecule has 1 aliphatic rings. The molecule has 0 N–H and O–H groups in total. The van der Waals surface area contributed by atoms with E-state index in [9.17, 15) is 22.5 Å². The summed E-state index contributed by atoms with van der Waals surface area (Å²) in [5.74, 6) is -4.17. The van der Waals surface area contributed by atoms with Crippen molar-refractivity contribution < 1.29 is 32.0 Å². The fraction of sp³-hybridized carbons (Fsp3) is 0.833. The summed E-state index contributed by atoms with van der Waals surface area (Å²) in [5.41, 5.74) is -0.808. The molecule has 21 heavy (non-hydrogen) atoms. The minimum atomic E-state index is -5.25. The molecular formula is C12H20BF3NO4-. The van der Waals surface area contributed by atoms with Crippen molar-refractivity contribution in [3.63, 3.8) is 0 Å². The van der Waals surface area contributed by atoms with Crippen LogP contribution in [0.15, 0.2) is 0 Å². The molecule has 0 aromatic rings. The topological polar surface area (TPSA) is 55.8 Å². The molecule has 0 aliphatic carbocycles. The van der Waals surface area contributed by atoms with Crippen molar-refractivity contribution in [3.8, 4) is 0 Å². The van der Waals surface area contributed by atoms with Gasteiger partial charge < -0.3 is 27.3 Å². The molecule has 1 heterocycles. The maximum absolute atomic E-state index is 13.1. The summed E-state index contributed by atoms with van der Waals surface area (Å²) >= 11 is 0. The molecule has 0 radical (unpaired) electrons. The Morgan fingerprint density at radius 3 is 2.24 bits per heavy atom. The lowest BCUT2D eigenvalue weighted by atomic mass is 9.67. The third-order valence-electron chi connectivity index (χ3n) is 3.09. The second-order valence-corrected chi connectivity index (χ2v) is 6.03. The zero-order valence-corrected chi connectivity index (χ0v) is 12.6. The Labute approximate surface area is 121 Å². The van der Waals surface area contributed by atoms with Gasteiger partial charge in [-0.2, -0.15) is 0 Å². The zero-order valence-electron chi connectivity index (χ0n) is 12.6.